The Hall–Kier alpha value is -1.64. The van der Waals surface area contributed by atoms with Crippen molar-refractivity contribution in [1.82, 2.24) is 4.31 Å². The fourth-order valence-corrected chi connectivity index (χ4v) is 3.30. The summed E-state index contributed by atoms with van der Waals surface area (Å²) in [7, 11) is -0.759. The quantitative estimate of drug-likeness (QED) is 0.856. The number of ether oxygens (including phenoxy) is 1. The maximum absolute atomic E-state index is 12.4. The van der Waals surface area contributed by atoms with Gasteiger partial charge >= 0.3 is 5.97 Å². The SMILES string of the molecule is CN(C)S(=O)(=O)c1ccccc1N1CCOCC1C(=O)O. The summed E-state index contributed by atoms with van der Waals surface area (Å²) in [5.41, 5.74) is 0.391. The van der Waals surface area contributed by atoms with Crippen LogP contribution in [0.3, 0.4) is 0 Å². The van der Waals surface area contributed by atoms with E-state index in [1.807, 2.05) is 0 Å². The first-order chi connectivity index (χ1) is 9.85. The predicted octanol–water partition coefficient (Wildman–Crippen LogP) is 0.227. The highest BCUT2D eigenvalue weighted by Crippen LogP contribution is 2.29. The molecule has 8 heteroatoms. The average molecular weight is 314 g/mol. The van der Waals surface area contributed by atoms with Gasteiger partial charge in [0.15, 0.2) is 6.04 Å². The Labute approximate surface area is 123 Å². The highest BCUT2D eigenvalue weighted by molar-refractivity contribution is 7.89. The lowest BCUT2D eigenvalue weighted by atomic mass is 10.2. The second kappa shape index (κ2) is 6.00. The summed E-state index contributed by atoms with van der Waals surface area (Å²) in [5, 5.41) is 9.29. The number of aliphatic carboxylic acids is 1. The van der Waals surface area contributed by atoms with Crippen LogP contribution in [0, 0.1) is 0 Å². The second-order valence-electron chi connectivity index (χ2n) is 4.88. The van der Waals surface area contributed by atoms with Crippen LogP contribution in [0.5, 0.6) is 0 Å². The molecule has 116 valence electrons. The van der Waals surface area contributed by atoms with E-state index in [1.165, 1.54) is 20.2 Å². The molecular weight excluding hydrogens is 296 g/mol. The van der Waals surface area contributed by atoms with Crippen LogP contribution in [0.1, 0.15) is 0 Å². The van der Waals surface area contributed by atoms with Crippen LogP contribution in [0.25, 0.3) is 0 Å². The van der Waals surface area contributed by atoms with Gasteiger partial charge in [0.1, 0.15) is 4.90 Å². The zero-order valence-corrected chi connectivity index (χ0v) is 12.7. The van der Waals surface area contributed by atoms with Crippen LogP contribution in [-0.4, -0.2) is 63.7 Å². The lowest BCUT2D eigenvalue weighted by Gasteiger charge is -2.35. The molecule has 21 heavy (non-hydrogen) atoms. The van der Waals surface area contributed by atoms with E-state index in [9.17, 15) is 18.3 Å². The normalized spacial score (nSPS) is 19.8. The van der Waals surface area contributed by atoms with Gasteiger partial charge < -0.3 is 14.7 Å². The van der Waals surface area contributed by atoms with Crippen LogP contribution in [0.15, 0.2) is 29.2 Å². The number of rotatable bonds is 4. The van der Waals surface area contributed by atoms with Gasteiger partial charge in [0.05, 0.1) is 18.9 Å². The zero-order chi connectivity index (χ0) is 15.6. The van der Waals surface area contributed by atoms with Crippen molar-refractivity contribution in [3.8, 4) is 0 Å². The second-order valence-corrected chi connectivity index (χ2v) is 7.00. The van der Waals surface area contributed by atoms with Gasteiger partial charge in [0.2, 0.25) is 10.0 Å². The molecule has 1 aliphatic rings. The smallest absolute Gasteiger partial charge is 0.328 e. The third-order valence-electron chi connectivity index (χ3n) is 3.35. The van der Waals surface area contributed by atoms with Crippen molar-refractivity contribution in [3.05, 3.63) is 24.3 Å². The highest BCUT2D eigenvalue weighted by atomic mass is 32.2. The van der Waals surface area contributed by atoms with E-state index in [4.69, 9.17) is 4.74 Å². The Kier molecular flexibility index (Phi) is 4.50. The van der Waals surface area contributed by atoms with Crippen molar-refractivity contribution >= 4 is 21.7 Å². The van der Waals surface area contributed by atoms with Gasteiger partial charge in [-0.1, -0.05) is 12.1 Å². The summed E-state index contributed by atoms with van der Waals surface area (Å²) >= 11 is 0. The van der Waals surface area contributed by atoms with Crippen LogP contribution >= 0.6 is 0 Å². The van der Waals surface area contributed by atoms with Crippen molar-refractivity contribution < 1.29 is 23.1 Å². The van der Waals surface area contributed by atoms with Crippen molar-refractivity contribution in [2.24, 2.45) is 0 Å². The van der Waals surface area contributed by atoms with E-state index >= 15 is 0 Å². The number of sulfonamides is 1. The molecule has 0 aromatic heterocycles. The maximum atomic E-state index is 12.4. The number of carboxylic acids is 1. The minimum Gasteiger partial charge on any atom is -0.480 e. The third-order valence-corrected chi connectivity index (χ3v) is 5.21. The highest BCUT2D eigenvalue weighted by Gasteiger charge is 2.33. The van der Waals surface area contributed by atoms with Gasteiger partial charge in [0.25, 0.3) is 0 Å². The number of anilines is 1. The van der Waals surface area contributed by atoms with Crippen LogP contribution in [0.4, 0.5) is 5.69 Å². The Bertz CT molecular complexity index is 629. The Morgan fingerprint density at radius 1 is 1.38 bits per heavy atom. The van der Waals surface area contributed by atoms with E-state index in [-0.39, 0.29) is 11.5 Å². The van der Waals surface area contributed by atoms with E-state index in [0.29, 0.717) is 18.8 Å². The standard InChI is InChI=1S/C13H18N2O5S/c1-14(2)21(18,19)12-6-4-3-5-10(12)15-7-8-20-9-11(15)13(16)17/h3-6,11H,7-9H2,1-2H3,(H,16,17). The minimum atomic E-state index is -3.65. The molecular formula is C13H18N2O5S. The summed E-state index contributed by atoms with van der Waals surface area (Å²) < 4.78 is 31.1. The number of benzene rings is 1. The zero-order valence-electron chi connectivity index (χ0n) is 11.9. The Morgan fingerprint density at radius 2 is 2.05 bits per heavy atom. The molecule has 7 nitrogen and oxygen atoms in total. The number of hydrogen-bond acceptors (Lipinski definition) is 5. The number of carbonyl (C=O) groups is 1. The summed E-state index contributed by atoms with van der Waals surface area (Å²) in [6, 6.07) is 5.53. The molecule has 1 aromatic rings. The van der Waals surface area contributed by atoms with Gasteiger partial charge in [-0.15, -0.1) is 0 Å². The average Bonchev–Trinajstić information content (AvgIpc) is 2.47. The molecule has 1 aliphatic heterocycles. The van der Waals surface area contributed by atoms with E-state index in [0.717, 1.165) is 4.31 Å². The molecule has 1 unspecified atom stereocenters. The molecule has 1 N–H and O–H groups in total. The molecule has 1 aromatic carbocycles. The maximum Gasteiger partial charge on any atom is 0.328 e. The first-order valence-electron chi connectivity index (χ1n) is 6.44. The van der Waals surface area contributed by atoms with E-state index in [1.54, 1.807) is 23.1 Å². The lowest BCUT2D eigenvalue weighted by Crippen LogP contribution is -2.50. The van der Waals surface area contributed by atoms with Crippen LogP contribution in [0.2, 0.25) is 0 Å². The first-order valence-corrected chi connectivity index (χ1v) is 7.88. The number of nitrogens with zero attached hydrogens (tertiary/aromatic N) is 2. The Balaban J connectivity index is 2.51. The molecule has 1 fully saturated rings. The number of morpholine rings is 1. The summed E-state index contributed by atoms with van der Waals surface area (Å²) in [4.78, 5) is 13.0. The molecule has 1 saturated heterocycles. The van der Waals surface area contributed by atoms with Gasteiger partial charge in [0, 0.05) is 20.6 Å². The van der Waals surface area contributed by atoms with Crippen LogP contribution < -0.4 is 4.90 Å². The predicted molar refractivity (Wildman–Crippen MR) is 76.9 cm³/mol. The molecule has 0 aliphatic carbocycles. The molecule has 2 rings (SSSR count). The molecule has 0 bridgehead atoms. The molecule has 0 amide bonds. The topological polar surface area (TPSA) is 87.2 Å². The third kappa shape index (κ3) is 3.02. The largest absolute Gasteiger partial charge is 0.480 e. The fourth-order valence-electron chi connectivity index (χ4n) is 2.21. The number of hydrogen-bond donors (Lipinski definition) is 1. The monoisotopic (exact) mass is 314 g/mol. The molecule has 0 radical (unpaired) electrons. The summed E-state index contributed by atoms with van der Waals surface area (Å²) in [6.07, 6.45) is 0. The minimum absolute atomic E-state index is 0.0334. The van der Waals surface area contributed by atoms with Gasteiger partial charge in [-0.2, -0.15) is 0 Å². The van der Waals surface area contributed by atoms with Crippen molar-refractivity contribution in [2.45, 2.75) is 10.9 Å². The van der Waals surface area contributed by atoms with Gasteiger partial charge in [-0.05, 0) is 12.1 Å². The summed E-state index contributed by atoms with van der Waals surface area (Å²) in [6.45, 7) is 0.725. The fraction of sp³-hybridized carbons (Fsp3) is 0.462. The molecule has 1 atom stereocenters. The van der Waals surface area contributed by atoms with Gasteiger partial charge in [-0.25, -0.2) is 17.5 Å². The molecule has 1 heterocycles. The molecule has 0 saturated carbocycles. The van der Waals surface area contributed by atoms with Crippen molar-refractivity contribution in [2.75, 3.05) is 38.8 Å². The number of para-hydroxylation sites is 1. The Morgan fingerprint density at radius 3 is 2.67 bits per heavy atom. The van der Waals surface area contributed by atoms with Crippen LogP contribution in [-0.2, 0) is 19.6 Å². The lowest BCUT2D eigenvalue weighted by molar-refractivity contribution is -0.141. The summed E-state index contributed by atoms with van der Waals surface area (Å²) in [5.74, 6) is -1.04. The van der Waals surface area contributed by atoms with E-state index < -0.39 is 22.0 Å². The van der Waals surface area contributed by atoms with Crippen molar-refractivity contribution in [1.29, 1.82) is 0 Å². The van der Waals surface area contributed by atoms with E-state index in [2.05, 4.69) is 0 Å². The molecule has 0 spiro atoms. The van der Waals surface area contributed by atoms with Crippen molar-refractivity contribution in [3.63, 3.8) is 0 Å². The first kappa shape index (κ1) is 15.7. The van der Waals surface area contributed by atoms with Gasteiger partial charge in [-0.3, -0.25) is 0 Å². The number of carboxylic acid groups (broad SMARTS) is 1.